The molecule has 2 aromatic heterocycles. The molecule has 8 nitrogen and oxygen atoms in total. The van der Waals surface area contributed by atoms with E-state index in [9.17, 15) is 9.59 Å². The Morgan fingerprint density at radius 3 is 2.67 bits per heavy atom. The topological polar surface area (TPSA) is 95.3 Å². The van der Waals surface area contributed by atoms with E-state index in [1.807, 2.05) is 51.4 Å². The number of hydrogen-bond donors (Lipinski definition) is 1. The van der Waals surface area contributed by atoms with Gasteiger partial charge in [-0.25, -0.2) is 4.79 Å². The standard InChI is InChI=1S/C23H28N4O4S2/c1-7-30-22(29)17-11-15(4)33-21(17)24-19(28)12-32-23-26-25-20(27(23)6)16(5)31-18-9-8-13(2)10-14(18)3/h8-11,16H,7,12H2,1-6H3,(H,24,28). The summed E-state index contributed by atoms with van der Waals surface area (Å²) in [5.41, 5.74) is 2.60. The smallest absolute Gasteiger partial charge is 0.341 e. The van der Waals surface area contributed by atoms with Gasteiger partial charge in [0.25, 0.3) is 0 Å². The molecule has 33 heavy (non-hydrogen) atoms. The van der Waals surface area contributed by atoms with Gasteiger partial charge in [0.05, 0.1) is 17.9 Å². The number of nitrogens with one attached hydrogen (secondary N) is 1. The Kier molecular flexibility index (Phi) is 8.15. The van der Waals surface area contributed by atoms with Crippen molar-refractivity contribution in [3.63, 3.8) is 0 Å². The molecule has 0 bridgehead atoms. The number of carbonyl (C=O) groups is 2. The first-order chi connectivity index (χ1) is 15.7. The van der Waals surface area contributed by atoms with Crippen molar-refractivity contribution in [1.82, 2.24) is 14.8 Å². The first kappa shape index (κ1) is 24.8. The second kappa shape index (κ2) is 10.8. The van der Waals surface area contributed by atoms with E-state index in [-0.39, 0.29) is 24.4 Å². The normalized spacial score (nSPS) is 11.8. The van der Waals surface area contributed by atoms with Crippen LogP contribution in [0.2, 0.25) is 0 Å². The predicted molar refractivity (Wildman–Crippen MR) is 130 cm³/mol. The van der Waals surface area contributed by atoms with Crippen LogP contribution >= 0.6 is 23.1 Å². The molecule has 1 atom stereocenters. The summed E-state index contributed by atoms with van der Waals surface area (Å²) in [6.45, 7) is 9.86. The number of amides is 1. The Hall–Kier alpha value is -2.85. The van der Waals surface area contributed by atoms with E-state index in [1.165, 1.54) is 28.7 Å². The molecule has 1 unspecified atom stereocenters. The number of esters is 1. The fraction of sp³-hybridized carbons (Fsp3) is 0.391. The van der Waals surface area contributed by atoms with Gasteiger partial charge in [-0.05, 0) is 52.3 Å². The van der Waals surface area contributed by atoms with Crippen LogP contribution in [-0.4, -0.2) is 39.0 Å². The van der Waals surface area contributed by atoms with E-state index in [0.29, 0.717) is 21.5 Å². The molecule has 3 rings (SSSR count). The van der Waals surface area contributed by atoms with Gasteiger partial charge in [-0.2, -0.15) is 0 Å². The minimum Gasteiger partial charge on any atom is -0.482 e. The third kappa shape index (κ3) is 6.14. The first-order valence-corrected chi connectivity index (χ1v) is 12.3. The average molecular weight is 489 g/mol. The van der Waals surface area contributed by atoms with Crippen LogP contribution < -0.4 is 10.1 Å². The molecule has 2 heterocycles. The van der Waals surface area contributed by atoms with Crippen molar-refractivity contribution in [2.24, 2.45) is 7.05 Å². The molecule has 0 saturated heterocycles. The Morgan fingerprint density at radius 1 is 1.21 bits per heavy atom. The molecular weight excluding hydrogens is 460 g/mol. The number of thioether (sulfide) groups is 1. The Morgan fingerprint density at radius 2 is 1.97 bits per heavy atom. The van der Waals surface area contributed by atoms with Crippen molar-refractivity contribution in [1.29, 1.82) is 0 Å². The quantitative estimate of drug-likeness (QED) is 0.340. The summed E-state index contributed by atoms with van der Waals surface area (Å²) in [5, 5.41) is 12.4. The van der Waals surface area contributed by atoms with Gasteiger partial charge in [-0.15, -0.1) is 21.5 Å². The molecule has 176 valence electrons. The molecule has 0 saturated carbocycles. The number of aromatic nitrogens is 3. The van der Waals surface area contributed by atoms with Gasteiger partial charge in [-0.3, -0.25) is 4.79 Å². The van der Waals surface area contributed by atoms with Crippen LogP contribution in [0.1, 0.15) is 52.1 Å². The molecule has 1 aromatic carbocycles. The van der Waals surface area contributed by atoms with Crippen molar-refractivity contribution >= 4 is 40.0 Å². The highest BCUT2D eigenvalue weighted by atomic mass is 32.2. The molecule has 1 amide bonds. The van der Waals surface area contributed by atoms with Gasteiger partial charge in [0.15, 0.2) is 17.1 Å². The van der Waals surface area contributed by atoms with Crippen LogP contribution in [0.3, 0.4) is 0 Å². The van der Waals surface area contributed by atoms with Crippen LogP contribution in [0.15, 0.2) is 29.4 Å². The van der Waals surface area contributed by atoms with E-state index >= 15 is 0 Å². The highest BCUT2D eigenvalue weighted by molar-refractivity contribution is 7.99. The second-order valence-corrected chi connectivity index (χ2v) is 9.78. The van der Waals surface area contributed by atoms with E-state index in [1.54, 1.807) is 13.0 Å². The summed E-state index contributed by atoms with van der Waals surface area (Å²) in [6.07, 6.45) is -0.312. The van der Waals surface area contributed by atoms with Gasteiger partial charge >= 0.3 is 5.97 Å². The van der Waals surface area contributed by atoms with Gasteiger partial charge in [0, 0.05) is 11.9 Å². The molecule has 0 aliphatic heterocycles. The van der Waals surface area contributed by atoms with Crippen molar-refractivity contribution in [3.8, 4) is 5.75 Å². The Balaban J connectivity index is 1.62. The number of aryl methyl sites for hydroxylation is 3. The van der Waals surface area contributed by atoms with Crippen LogP contribution in [0.4, 0.5) is 5.00 Å². The summed E-state index contributed by atoms with van der Waals surface area (Å²) >= 11 is 2.61. The fourth-order valence-corrected chi connectivity index (χ4v) is 4.87. The lowest BCUT2D eigenvalue weighted by molar-refractivity contribution is -0.113. The summed E-state index contributed by atoms with van der Waals surface area (Å²) in [4.78, 5) is 25.6. The van der Waals surface area contributed by atoms with Gasteiger partial charge < -0.3 is 19.4 Å². The first-order valence-electron chi connectivity index (χ1n) is 10.5. The van der Waals surface area contributed by atoms with Crippen LogP contribution in [0, 0.1) is 20.8 Å². The van der Waals surface area contributed by atoms with Crippen LogP contribution in [-0.2, 0) is 16.6 Å². The molecular formula is C23H28N4O4S2. The maximum absolute atomic E-state index is 12.5. The summed E-state index contributed by atoms with van der Waals surface area (Å²) in [6, 6.07) is 7.75. The van der Waals surface area contributed by atoms with Crippen molar-refractivity contribution in [2.45, 2.75) is 45.9 Å². The number of anilines is 1. The van der Waals surface area contributed by atoms with Gasteiger partial charge in [-0.1, -0.05) is 29.5 Å². The van der Waals surface area contributed by atoms with E-state index in [2.05, 4.69) is 21.6 Å². The SMILES string of the molecule is CCOC(=O)c1cc(C)sc1NC(=O)CSc1nnc(C(C)Oc2ccc(C)cc2C)n1C. The number of nitrogens with zero attached hydrogens (tertiary/aromatic N) is 3. The summed E-state index contributed by atoms with van der Waals surface area (Å²) < 4.78 is 13.0. The molecule has 0 aliphatic carbocycles. The number of rotatable bonds is 9. The molecule has 10 heteroatoms. The fourth-order valence-electron chi connectivity index (χ4n) is 3.24. The number of benzene rings is 1. The van der Waals surface area contributed by atoms with Crippen LogP contribution in [0.5, 0.6) is 5.75 Å². The Labute approximate surface area is 201 Å². The summed E-state index contributed by atoms with van der Waals surface area (Å²) in [5.74, 6) is 0.902. The van der Waals surface area contributed by atoms with Gasteiger partial charge in [0.2, 0.25) is 5.91 Å². The van der Waals surface area contributed by atoms with Crippen molar-refractivity contribution in [2.75, 3.05) is 17.7 Å². The molecule has 0 aliphatic rings. The number of hydrogen-bond acceptors (Lipinski definition) is 8. The molecule has 1 N–H and O–H groups in total. The van der Waals surface area contributed by atoms with E-state index in [0.717, 1.165) is 16.2 Å². The van der Waals surface area contributed by atoms with Crippen molar-refractivity contribution < 1.29 is 19.1 Å². The number of ether oxygens (including phenoxy) is 2. The molecule has 0 fully saturated rings. The Bertz CT molecular complexity index is 1160. The summed E-state index contributed by atoms with van der Waals surface area (Å²) in [7, 11) is 1.85. The second-order valence-electron chi connectivity index (χ2n) is 7.59. The third-order valence-corrected chi connectivity index (χ3v) is 6.79. The lowest BCUT2D eigenvalue weighted by atomic mass is 10.1. The lowest BCUT2D eigenvalue weighted by Gasteiger charge is -2.16. The van der Waals surface area contributed by atoms with E-state index in [4.69, 9.17) is 9.47 Å². The van der Waals surface area contributed by atoms with E-state index < -0.39 is 5.97 Å². The lowest BCUT2D eigenvalue weighted by Crippen LogP contribution is -2.16. The molecule has 3 aromatic rings. The van der Waals surface area contributed by atoms with Crippen LogP contribution in [0.25, 0.3) is 0 Å². The third-order valence-electron chi connectivity index (χ3n) is 4.80. The van der Waals surface area contributed by atoms with Crippen molar-refractivity contribution in [3.05, 3.63) is 51.7 Å². The largest absolute Gasteiger partial charge is 0.482 e. The minimum atomic E-state index is -0.444. The minimum absolute atomic E-state index is 0.123. The predicted octanol–water partition coefficient (Wildman–Crippen LogP) is 4.85. The highest BCUT2D eigenvalue weighted by Crippen LogP contribution is 2.29. The monoisotopic (exact) mass is 488 g/mol. The molecule has 0 spiro atoms. The zero-order valence-corrected chi connectivity index (χ0v) is 21.2. The zero-order valence-electron chi connectivity index (χ0n) is 19.6. The number of carbonyl (C=O) groups excluding carboxylic acids is 2. The average Bonchev–Trinajstić information content (AvgIpc) is 3.30. The maximum Gasteiger partial charge on any atom is 0.341 e. The van der Waals surface area contributed by atoms with Gasteiger partial charge in [0.1, 0.15) is 10.8 Å². The zero-order chi connectivity index (χ0) is 24.1. The maximum atomic E-state index is 12.5. The highest BCUT2D eigenvalue weighted by Gasteiger charge is 2.21. The molecule has 0 radical (unpaired) electrons. The number of thiophene rings is 1.